The number of nitrogens with zero attached hydrogens (tertiary/aromatic N) is 4. The summed E-state index contributed by atoms with van der Waals surface area (Å²) in [6.07, 6.45) is 0.795. The summed E-state index contributed by atoms with van der Waals surface area (Å²) in [4.78, 5) is 41.2. The fraction of sp³-hybridized carbons (Fsp3) is 0.579. The zero-order valence-electron chi connectivity index (χ0n) is 16.3. The summed E-state index contributed by atoms with van der Waals surface area (Å²) < 4.78 is 0. The van der Waals surface area contributed by atoms with Gasteiger partial charge < -0.3 is 9.80 Å². The minimum absolute atomic E-state index is 0.0171. The molecule has 27 heavy (non-hydrogen) atoms. The van der Waals surface area contributed by atoms with Crippen molar-refractivity contribution >= 4 is 17.5 Å². The lowest BCUT2D eigenvalue weighted by atomic mass is 10.1. The predicted molar refractivity (Wildman–Crippen MR) is 103 cm³/mol. The molecule has 8 heteroatoms. The molecule has 0 saturated carbocycles. The Hall–Kier alpha value is -2.48. The Bertz CT molecular complexity index is 703. The van der Waals surface area contributed by atoms with Crippen molar-refractivity contribution < 1.29 is 14.5 Å². The van der Waals surface area contributed by atoms with E-state index in [-0.39, 0.29) is 17.5 Å². The number of likely N-dealkylation sites (N-methyl/N-ethyl adjacent to an activating group) is 1. The van der Waals surface area contributed by atoms with Crippen LogP contribution in [0, 0.1) is 17.0 Å². The second-order valence-electron chi connectivity index (χ2n) is 6.75. The molecule has 0 atom stereocenters. The molecule has 1 heterocycles. The molecule has 0 radical (unpaired) electrons. The molecule has 1 aromatic rings. The Balaban J connectivity index is 1.99. The highest BCUT2D eigenvalue weighted by Crippen LogP contribution is 2.20. The molecular weight excluding hydrogens is 348 g/mol. The largest absolute Gasteiger partial charge is 0.342 e. The van der Waals surface area contributed by atoms with Gasteiger partial charge in [0.1, 0.15) is 0 Å². The molecule has 0 bridgehead atoms. The lowest BCUT2D eigenvalue weighted by Crippen LogP contribution is -2.42. The number of hydrogen-bond donors (Lipinski definition) is 0. The predicted octanol–water partition coefficient (Wildman–Crippen LogP) is 1.92. The van der Waals surface area contributed by atoms with E-state index in [0.29, 0.717) is 50.4 Å². The van der Waals surface area contributed by atoms with Crippen molar-refractivity contribution in [3.8, 4) is 0 Å². The van der Waals surface area contributed by atoms with E-state index in [1.165, 1.54) is 12.1 Å². The Kier molecular flexibility index (Phi) is 7.29. The molecule has 1 aliphatic heterocycles. The number of aryl methyl sites for hydroxylation is 1. The number of nitro groups is 1. The van der Waals surface area contributed by atoms with Crippen LogP contribution in [0.25, 0.3) is 0 Å². The van der Waals surface area contributed by atoms with Crippen LogP contribution in [0.1, 0.15) is 36.2 Å². The quantitative estimate of drug-likeness (QED) is 0.559. The first kappa shape index (κ1) is 20.8. The molecular formula is C19H28N4O4. The van der Waals surface area contributed by atoms with Crippen molar-refractivity contribution in [3.05, 3.63) is 39.4 Å². The van der Waals surface area contributed by atoms with Gasteiger partial charge in [0.25, 0.3) is 11.6 Å². The van der Waals surface area contributed by atoms with Crippen molar-refractivity contribution in [2.75, 3.05) is 45.8 Å². The van der Waals surface area contributed by atoms with E-state index in [1.54, 1.807) is 17.9 Å². The number of nitro benzene ring substituents is 1. The first-order chi connectivity index (χ1) is 12.9. The molecule has 1 saturated heterocycles. The maximum atomic E-state index is 12.8. The third kappa shape index (κ3) is 5.26. The highest BCUT2D eigenvalue weighted by molar-refractivity contribution is 5.94. The van der Waals surface area contributed by atoms with E-state index in [4.69, 9.17) is 0 Å². The normalized spacial score (nSPS) is 15.3. The van der Waals surface area contributed by atoms with Gasteiger partial charge in [0.15, 0.2) is 0 Å². The van der Waals surface area contributed by atoms with Crippen molar-refractivity contribution in [1.29, 1.82) is 0 Å². The summed E-state index contributed by atoms with van der Waals surface area (Å²) in [7, 11) is 0. The molecule has 1 aliphatic rings. The van der Waals surface area contributed by atoms with Crippen molar-refractivity contribution in [2.45, 2.75) is 27.2 Å². The van der Waals surface area contributed by atoms with Crippen LogP contribution < -0.4 is 0 Å². The molecule has 0 aliphatic carbocycles. The second-order valence-corrected chi connectivity index (χ2v) is 6.75. The SMILES string of the molecule is CCN(CC)C(=O)CN1CCCN(C(=O)c2ccc([N+](=O)[O-])c(C)c2)CC1. The summed E-state index contributed by atoms with van der Waals surface area (Å²) in [6.45, 7) is 9.93. The van der Waals surface area contributed by atoms with Crippen LogP contribution in [0.5, 0.6) is 0 Å². The summed E-state index contributed by atoms with van der Waals surface area (Å²) in [5.41, 5.74) is 0.960. The van der Waals surface area contributed by atoms with E-state index < -0.39 is 4.92 Å². The Morgan fingerprint density at radius 3 is 2.44 bits per heavy atom. The maximum Gasteiger partial charge on any atom is 0.272 e. The van der Waals surface area contributed by atoms with Crippen LogP contribution in [0.15, 0.2) is 18.2 Å². The number of benzene rings is 1. The van der Waals surface area contributed by atoms with E-state index in [2.05, 4.69) is 4.90 Å². The van der Waals surface area contributed by atoms with Gasteiger partial charge in [-0.05, 0) is 39.3 Å². The topological polar surface area (TPSA) is 87.0 Å². The van der Waals surface area contributed by atoms with E-state index in [9.17, 15) is 19.7 Å². The van der Waals surface area contributed by atoms with Gasteiger partial charge in [0, 0.05) is 56.5 Å². The van der Waals surface area contributed by atoms with E-state index >= 15 is 0 Å². The molecule has 0 unspecified atom stereocenters. The molecule has 0 spiro atoms. The molecule has 2 rings (SSSR count). The summed E-state index contributed by atoms with van der Waals surface area (Å²) in [5.74, 6) is -0.00399. The van der Waals surface area contributed by atoms with Crippen molar-refractivity contribution in [2.24, 2.45) is 0 Å². The number of carbonyl (C=O) groups excluding carboxylic acids is 2. The molecule has 8 nitrogen and oxygen atoms in total. The first-order valence-electron chi connectivity index (χ1n) is 9.41. The van der Waals surface area contributed by atoms with Gasteiger partial charge in [0.2, 0.25) is 5.91 Å². The average molecular weight is 376 g/mol. The van der Waals surface area contributed by atoms with Crippen LogP contribution in [0.3, 0.4) is 0 Å². The minimum atomic E-state index is -0.444. The summed E-state index contributed by atoms with van der Waals surface area (Å²) >= 11 is 0. The van der Waals surface area contributed by atoms with Crippen LogP contribution in [0.2, 0.25) is 0 Å². The fourth-order valence-electron chi connectivity index (χ4n) is 3.38. The smallest absolute Gasteiger partial charge is 0.272 e. The molecule has 0 N–H and O–H groups in total. The van der Waals surface area contributed by atoms with Gasteiger partial charge in [-0.3, -0.25) is 24.6 Å². The third-order valence-corrected chi connectivity index (χ3v) is 4.99. The fourth-order valence-corrected chi connectivity index (χ4v) is 3.38. The molecule has 0 aromatic heterocycles. The number of hydrogen-bond acceptors (Lipinski definition) is 5. The molecule has 148 valence electrons. The summed E-state index contributed by atoms with van der Waals surface area (Å²) in [6, 6.07) is 4.47. The maximum absolute atomic E-state index is 12.8. The van der Waals surface area contributed by atoms with Crippen molar-refractivity contribution in [3.63, 3.8) is 0 Å². The number of amides is 2. The van der Waals surface area contributed by atoms with Gasteiger partial charge in [-0.1, -0.05) is 0 Å². The highest BCUT2D eigenvalue weighted by Gasteiger charge is 2.23. The monoisotopic (exact) mass is 376 g/mol. The van der Waals surface area contributed by atoms with E-state index in [0.717, 1.165) is 13.0 Å². The van der Waals surface area contributed by atoms with Gasteiger partial charge in [-0.15, -0.1) is 0 Å². The van der Waals surface area contributed by atoms with E-state index in [1.807, 2.05) is 18.7 Å². The minimum Gasteiger partial charge on any atom is -0.342 e. The Morgan fingerprint density at radius 1 is 1.15 bits per heavy atom. The average Bonchev–Trinajstić information content (AvgIpc) is 2.87. The van der Waals surface area contributed by atoms with Crippen LogP contribution in [0.4, 0.5) is 5.69 Å². The molecule has 1 aromatic carbocycles. The van der Waals surface area contributed by atoms with Gasteiger partial charge in [0.05, 0.1) is 11.5 Å². The van der Waals surface area contributed by atoms with Gasteiger partial charge in [-0.25, -0.2) is 0 Å². The standard InChI is InChI=1S/C19H28N4O4/c1-4-21(5-2)18(24)14-20-9-6-10-22(12-11-20)19(25)16-7-8-17(23(26)27)15(3)13-16/h7-8,13H,4-6,9-12,14H2,1-3H3. The highest BCUT2D eigenvalue weighted by atomic mass is 16.6. The lowest BCUT2D eigenvalue weighted by molar-refractivity contribution is -0.385. The molecule has 1 fully saturated rings. The van der Waals surface area contributed by atoms with Gasteiger partial charge >= 0.3 is 0 Å². The zero-order valence-corrected chi connectivity index (χ0v) is 16.3. The second kappa shape index (κ2) is 9.45. The summed E-state index contributed by atoms with van der Waals surface area (Å²) in [5, 5.41) is 10.9. The first-order valence-corrected chi connectivity index (χ1v) is 9.41. The number of carbonyl (C=O) groups is 2. The lowest BCUT2D eigenvalue weighted by Gasteiger charge is -2.25. The third-order valence-electron chi connectivity index (χ3n) is 4.99. The van der Waals surface area contributed by atoms with Crippen molar-refractivity contribution in [1.82, 2.24) is 14.7 Å². The molecule has 2 amide bonds. The number of rotatable bonds is 6. The Morgan fingerprint density at radius 2 is 1.85 bits per heavy atom. The van der Waals surface area contributed by atoms with Crippen LogP contribution >= 0.6 is 0 Å². The van der Waals surface area contributed by atoms with Crippen LogP contribution in [-0.4, -0.2) is 77.3 Å². The van der Waals surface area contributed by atoms with Crippen LogP contribution in [-0.2, 0) is 4.79 Å². The zero-order chi connectivity index (χ0) is 20.0. The van der Waals surface area contributed by atoms with Gasteiger partial charge in [-0.2, -0.15) is 0 Å². The Labute approximate surface area is 159 Å².